The van der Waals surface area contributed by atoms with E-state index < -0.39 is 0 Å². The number of carbonyl (C=O) groups excluding carboxylic acids is 1. The van der Waals surface area contributed by atoms with E-state index in [9.17, 15) is 9.59 Å². The molecular formula is C28H33N7O2. The van der Waals surface area contributed by atoms with E-state index in [2.05, 4.69) is 25.9 Å². The highest BCUT2D eigenvalue weighted by molar-refractivity contribution is 5.94. The van der Waals surface area contributed by atoms with Crippen LogP contribution in [0.4, 0.5) is 0 Å². The second-order valence-corrected chi connectivity index (χ2v) is 9.45. The van der Waals surface area contributed by atoms with Gasteiger partial charge in [-0.1, -0.05) is 36.4 Å². The van der Waals surface area contributed by atoms with Crippen LogP contribution in [0.1, 0.15) is 35.2 Å². The molecule has 4 aromatic rings. The Balaban J connectivity index is 1.30. The number of amides is 1. The number of nitrogens with two attached hydrogens (primary N) is 1. The summed E-state index contributed by atoms with van der Waals surface area (Å²) < 4.78 is 1.83. The van der Waals surface area contributed by atoms with Crippen molar-refractivity contribution in [3.63, 3.8) is 0 Å². The summed E-state index contributed by atoms with van der Waals surface area (Å²) in [5, 5.41) is 9.78. The smallest absolute Gasteiger partial charge is 0.282 e. The summed E-state index contributed by atoms with van der Waals surface area (Å²) in [5.74, 6) is 0.418. The molecular weight excluding hydrogens is 466 g/mol. The van der Waals surface area contributed by atoms with Crippen molar-refractivity contribution in [2.24, 2.45) is 5.73 Å². The molecule has 0 aliphatic carbocycles. The van der Waals surface area contributed by atoms with Gasteiger partial charge in [0.1, 0.15) is 0 Å². The van der Waals surface area contributed by atoms with E-state index in [1.807, 2.05) is 59.1 Å². The minimum atomic E-state index is -0.285. The molecule has 0 bridgehead atoms. The average molecular weight is 500 g/mol. The van der Waals surface area contributed by atoms with Crippen LogP contribution in [0.5, 0.6) is 0 Å². The molecule has 5 rings (SSSR count). The molecule has 0 spiro atoms. The molecule has 2 aromatic heterocycles. The highest BCUT2D eigenvalue weighted by Crippen LogP contribution is 2.21. The van der Waals surface area contributed by atoms with Crippen LogP contribution in [0.3, 0.4) is 0 Å². The zero-order chi connectivity index (χ0) is 25.6. The van der Waals surface area contributed by atoms with Gasteiger partial charge in [-0.05, 0) is 74.3 Å². The molecule has 6 N–H and O–H groups in total. The van der Waals surface area contributed by atoms with Crippen LogP contribution in [0.2, 0.25) is 0 Å². The second kappa shape index (κ2) is 11.5. The fourth-order valence-electron chi connectivity index (χ4n) is 4.60. The predicted octanol–water partition coefficient (Wildman–Crippen LogP) is 2.28. The van der Waals surface area contributed by atoms with Gasteiger partial charge in [-0.25, -0.2) is 0 Å². The third-order valence-electron chi connectivity index (χ3n) is 6.75. The van der Waals surface area contributed by atoms with Gasteiger partial charge in [0, 0.05) is 30.5 Å². The van der Waals surface area contributed by atoms with Crippen molar-refractivity contribution in [2.45, 2.75) is 31.8 Å². The fourth-order valence-corrected chi connectivity index (χ4v) is 4.60. The molecule has 192 valence electrons. The lowest BCUT2D eigenvalue weighted by Gasteiger charge is -2.23. The summed E-state index contributed by atoms with van der Waals surface area (Å²) in [7, 11) is 0. The molecule has 3 heterocycles. The number of rotatable bonds is 9. The number of H-pyrrole nitrogens is 1. The third-order valence-corrected chi connectivity index (χ3v) is 6.75. The Labute approximate surface area is 215 Å². The number of aromatic amines is 1. The monoisotopic (exact) mass is 499 g/mol. The predicted molar refractivity (Wildman–Crippen MR) is 145 cm³/mol. The zero-order valence-corrected chi connectivity index (χ0v) is 20.8. The molecule has 2 aromatic carbocycles. The first-order chi connectivity index (χ1) is 18.1. The largest absolute Gasteiger partial charge is 0.349 e. The number of imidazole rings is 1. The van der Waals surface area contributed by atoms with Gasteiger partial charge in [-0.15, -0.1) is 0 Å². The number of hydrogen-bond donors (Lipinski definition) is 5. The Morgan fingerprint density at radius 2 is 1.76 bits per heavy atom. The van der Waals surface area contributed by atoms with E-state index in [1.165, 1.54) is 0 Å². The Bertz CT molecular complexity index is 1400. The van der Waals surface area contributed by atoms with E-state index in [-0.39, 0.29) is 17.5 Å². The van der Waals surface area contributed by atoms with Crippen LogP contribution >= 0.6 is 0 Å². The molecule has 0 saturated carbocycles. The van der Waals surface area contributed by atoms with Crippen molar-refractivity contribution in [2.75, 3.05) is 26.2 Å². The Morgan fingerprint density at radius 3 is 2.49 bits per heavy atom. The first-order valence-electron chi connectivity index (χ1n) is 12.8. The number of nitrogens with one attached hydrogen (secondary N) is 4. The van der Waals surface area contributed by atoms with Gasteiger partial charge in [-0.2, -0.15) is 4.98 Å². The lowest BCUT2D eigenvalue weighted by Crippen LogP contribution is -2.42. The quantitative estimate of drug-likeness (QED) is 0.225. The number of piperidine rings is 1. The highest BCUT2D eigenvalue weighted by Gasteiger charge is 2.16. The fraction of sp³-hybridized carbons (Fsp3) is 0.321. The first-order valence-corrected chi connectivity index (χ1v) is 12.8. The van der Waals surface area contributed by atoms with Crippen molar-refractivity contribution in [3.8, 4) is 22.4 Å². The van der Waals surface area contributed by atoms with Gasteiger partial charge in [0.25, 0.3) is 11.5 Å². The van der Waals surface area contributed by atoms with Gasteiger partial charge in [0.05, 0.1) is 11.3 Å². The van der Waals surface area contributed by atoms with Crippen LogP contribution in [0.25, 0.3) is 28.2 Å². The Kier molecular flexibility index (Phi) is 7.74. The molecule has 37 heavy (non-hydrogen) atoms. The Hall–Kier alpha value is -3.79. The van der Waals surface area contributed by atoms with E-state index >= 15 is 0 Å². The van der Waals surface area contributed by atoms with Gasteiger partial charge in [0.15, 0.2) is 0 Å². The van der Waals surface area contributed by atoms with Crippen molar-refractivity contribution in [1.82, 2.24) is 30.3 Å². The number of aromatic nitrogens is 3. The molecule has 9 heteroatoms. The summed E-state index contributed by atoms with van der Waals surface area (Å²) in [6.07, 6.45) is 6.55. The molecule has 1 fully saturated rings. The van der Waals surface area contributed by atoms with Crippen molar-refractivity contribution >= 4 is 11.7 Å². The van der Waals surface area contributed by atoms with Crippen molar-refractivity contribution < 1.29 is 4.79 Å². The van der Waals surface area contributed by atoms with E-state index in [0.717, 1.165) is 67.8 Å². The second-order valence-electron chi connectivity index (χ2n) is 9.45. The van der Waals surface area contributed by atoms with Crippen LogP contribution in [-0.4, -0.2) is 52.5 Å². The molecule has 1 saturated heterocycles. The zero-order valence-electron chi connectivity index (χ0n) is 20.8. The molecule has 1 amide bonds. The Morgan fingerprint density at radius 1 is 1.03 bits per heavy atom. The standard InChI is InChI=1S/C28H33N7O2/c29-12-1-13-31-16-19-2-4-20(5-3-19)24-17-35-18-25(33-28(35)34-27(24)37)21-6-8-22(9-7-21)26(36)32-23-10-14-30-15-11-23/h2-9,17-18,23,30-31H,1,10-16,29H2,(H,32,36)(H,33,34,37). The third kappa shape index (κ3) is 5.96. The average Bonchev–Trinajstić information content (AvgIpc) is 3.34. The minimum absolute atomic E-state index is 0.0517. The van der Waals surface area contributed by atoms with E-state index in [4.69, 9.17) is 5.73 Å². The van der Waals surface area contributed by atoms with Crippen LogP contribution in [0.15, 0.2) is 65.7 Å². The van der Waals surface area contributed by atoms with Crippen LogP contribution in [-0.2, 0) is 6.54 Å². The lowest BCUT2D eigenvalue weighted by atomic mass is 10.1. The lowest BCUT2D eigenvalue weighted by molar-refractivity contribution is 0.0929. The minimum Gasteiger partial charge on any atom is -0.349 e. The maximum absolute atomic E-state index is 12.8. The van der Waals surface area contributed by atoms with Gasteiger partial charge in [-0.3, -0.25) is 14.0 Å². The van der Waals surface area contributed by atoms with E-state index in [1.54, 1.807) is 6.20 Å². The van der Waals surface area contributed by atoms with E-state index in [0.29, 0.717) is 23.4 Å². The number of nitrogens with zero attached hydrogens (tertiary/aromatic N) is 2. The van der Waals surface area contributed by atoms with Crippen LogP contribution < -0.4 is 27.2 Å². The number of carbonyl (C=O) groups is 1. The van der Waals surface area contributed by atoms with Crippen molar-refractivity contribution in [3.05, 3.63) is 82.4 Å². The maximum Gasteiger partial charge on any atom is 0.282 e. The summed E-state index contributed by atoms with van der Waals surface area (Å²) in [5.41, 5.74) is 10.1. The van der Waals surface area contributed by atoms with Gasteiger partial charge >= 0.3 is 0 Å². The number of hydrogen-bond acceptors (Lipinski definition) is 6. The molecule has 0 atom stereocenters. The SMILES string of the molecule is NCCCNCc1ccc(-c2cn3cc(-c4ccc(C(=O)NC5CCNCC5)cc4)[nH]c3nc2=O)cc1. The normalized spacial score (nSPS) is 14.2. The summed E-state index contributed by atoms with van der Waals surface area (Å²) in [6.45, 7) is 4.18. The first kappa shape index (κ1) is 24.9. The van der Waals surface area contributed by atoms with Gasteiger partial charge in [0.2, 0.25) is 5.78 Å². The summed E-state index contributed by atoms with van der Waals surface area (Å²) in [4.78, 5) is 32.9. The summed E-state index contributed by atoms with van der Waals surface area (Å²) in [6, 6.07) is 15.6. The molecule has 1 aliphatic heterocycles. The van der Waals surface area contributed by atoms with Crippen LogP contribution in [0, 0.1) is 0 Å². The molecule has 0 unspecified atom stereocenters. The topological polar surface area (TPSA) is 129 Å². The molecule has 0 radical (unpaired) electrons. The molecule has 9 nitrogen and oxygen atoms in total. The highest BCUT2D eigenvalue weighted by atomic mass is 16.1. The summed E-state index contributed by atoms with van der Waals surface area (Å²) >= 11 is 0. The van der Waals surface area contributed by atoms with Gasteiger partial charge < -0.3 is 26.7 Å². The number of fused-ring (bicyclic) bond motifs is 1. The number of benzene rings is 2. The molecule has 1 aliphatic rings. The van der Waals surface area contributed by atoms with Crippen molar-refractivity contribution in [1.29, 1.82) is 0 Å². The maximum atomic E-state index is 12.8.